The molecule has 0 aliphatic rings. The second-order valence-electron chi connectivity index (χ2n) is 4.16. The van der Waals surface area contributed by atoms with E-state index in [2.05, 4.69) is 20.1 Å². The molecule has 1 rings (SSSR count). The molecule has 0 radical (unpaired) electrons. The number of azide groups is 2. The first-order valence-corrected chi connectivity index (χ1v) is 6.11. The van der Waals surface area contributed by atoms with Crippen molar-refractivity contribution in [1.82, 2.24) is 0 Å². The Morgan fingerprint density at radius 3 is 2.60 bits per heavy atom. The summed E-state index contributed by atoms with van der Waals surface area (Å²) in [6.07, 6.45) is -0.653. The van der Waals surface area contributed by atoms with Crippen LogP contribution in [0, 0.1) is 0 Å². The summed E-state index contributed by atoms with van der Waals surface area (Å²) in [5.74, 6) is 0. The van der Waals surface area contributed by atoms with Crippen molar-refractivity contribution >= 4 is 0 Å². The van der Waals surface area contributed by atoms with Gasteiger partial charge in [0, 0.05) is 9.82 Å². The lowest BCUT2D eigenvalue weighted by Gasteiger charge is -2.14. The molecule has 1 aromatic carbocycles. The lowest BCUT2D eigenvalue weighted by Crippen LogP contribution is -2.22. The number of aliphatic hydroxyl groups excluding tert-OH is 1. The molecule has 0 unspecified atom stereocenters. The highest BCUT2D eigenvalue weighted by Gasteiger charge is 2.13. The van der Waals surface area contributed by atoms with Crippen molar-refractivity contribution in [2.45, 2.75) is 25.2 Å². The summed E-state index contributed by atoms with van der Waals surface area (Å²) in [6.45, 7) is 0.559. The third-order valence-corrected chi connectivity index (χ3v) is 2.54. The van der Waals surface area contributed by atoms with Gasteiger partial charge in [-0.3, -0.25) is 0 Å². The Bertz CT molecular complexity index is 482. The van der Waals surface area contributed by atoms with Gasteiger partial charge in [-0.1, -0.05) is 40.6 Å². The van der Waals surface area contributed by atoms with Crippen LogP contribution in [0.3, 0.4) is 0 Å². The van der Waals surface area contributed by atoms with Gasteiger partial charge in [0.15, 0.2) is 0 Å². The van der Waals surface area contributed by atoms with E-state index < -0.39 is 12.1 Å². The van der Waals surface area contributed by atoms with E-state index in [-0.39, 0.29) is 19.6 Å². The van der Waals surface area contributed by atoms with E-state index in [1.807, 2.05) is 30.3 Å². The quantitative estimate of drug-likeness (QED) is 0.422. The highest BCUT2D eigenvalue weighted by atomic mass is 16.5. The maximum Gasteiger partial charge on any atom is 0.0717 e. The minimum atomic E-state index is -0.846. The van der Waals surface area contributed by atoms with Crippen LogP contribution < -0.4 is 0 Å². The van der Waals surface area contributed by atoms with E-state index in [0.29, 0.717) is 6.61 Å². The first-order chi connectivity index (χ1) is 9.76. The molecular weight excluding hydrogens is 260 g/mol. The van der Waals surface area contributed by atoms with Crippen LogP contribution in [0.15, 0.2) is 40.6 Å². The van der Waals surface area contributed by atoms with Gasteiger partial charge in [0.2, 0.25) is 0 Å². The minimum absolute atomic E-state index is 0.0490. The fourth-order valence-corrected chi connectivity index (χ4v) is 1.63. The molecule has 0 heterocycles. The summed E-state index contributed by atoms with van der Waals surface area (Å²) in [7, 11) is 0. The first kappa shape index (κ1) is 15.8. The van der Waals surface area contributed by atoms with E-state index in [9.17, 15) is 5.11 Å². The molecule has 106 valence electrons. The van der Waals surface area contributed by atoms with Crippen molar-refractivity contribution in [1.29, 1.82) is 0 Å². The fourth-order valence-electron chi connectivity index (χ4n) is 1.63. The molecule has 8 nitrogen and oxygen atoms in total. The van der Waals surface area contributed by atoms with Gasteiger partial charge in [-0.2, -0.15) is 0 Å². The second-order valence-corrected chi connectivity index (χ2v) is 4.16. The van der Waals surface area contributed by atoms with Crippen LogP contribution in [0.5, 0.6) is 0 Å². The molecule has 0 bridgehead atoms. The van der Waals surface area contributed by atoms with E-state index in [1.165, 1.54) is 0 Å². The van der Waals surface area contributed by atoms with Crippen LogP contribution in [-0.2, 0) is 11.3 Å². The maximum absolute atomic E-state index is 9.59. The molecule has 8 heteroatoms. The van der Waals surface area contributed by atoms with Crippen molar-refractivity contribution in [2.75, 3.05) is 13.2 Å². The van der Waals surface area contributed by atoms with Crippen LogP contribution in [0.2, 0.25) is 0 Å². The molecule has 1 N–H and O–H groups in total. The molecule has 0 aromatic heterocycles. The van der Waals surface area contributed by atoms with Crippen molar-refractivity contribution < 1.29 is 9.84 Å². The van der Waals surface area contributed by atoms with Gasteiger partial charge in [0.25, 0.3) is 0 Å². The van der Waals surface area contributed by atoms with E-state index in [4.69, 9.17) is 15.8 Å². The molecule has 1 aromatic rings. The summed E-state index contributed by atoms with van der Waals surface area (Å²) in [4.78, 5) is 5.29. The highest BCUT2D eigenvalue weighted by molar-refractivity contribution is 5.13. The number of hydrogen-bond donors (Lipinski definition) is 1. The Morgan fingerprint density at radius 1 is 1.20 bits per heavy atom. The number of benzene rings is 1. The number of ether oxygens (including phenoxy) is 1. The van der Waals surface area contributed by atoms with Crippen molar-refractivity contribution in [3.05, 3.63) is 56.8 Å². The number of aliphatic hydroxyl groups is 1. The fraction of sp³-hybridized carbons (Fsp3) is 0.500. The second kappa shape index (κ2) is 9.66. The molecule has 0 aliphatic carbocycles. The summed E-state index contributed by atoms with van der Waals surface area (Å²) < 4.78 is 5.46. The molecule has 0 fully saturated rings. The van der Waals surface area contributed by atoms with Crippen LogP contribution in [-0.4, -0.2) is 30.4 Å². The summed E-state index contributed by atoms with van der Waals surface area (Å²) in [5, 5.41) is 16.4. The van der Waals surface area contributed by atoms with Crippen LogP contribution in [0.1, 0.15) is 12.0 Å². The van der Waals surface area contributed by atoms with Crippen LogP contribution in [0.4, 0.5) is 0 Å². The van der Waals surface area contributed by atoms with Crippen molar-refractivity contribution in [3.63, 3.8) is 0 Å². The van der Waals surface area contributed by atoms with Gasteiger partial charge < -0.3 is 9.84 Å². The Morgan fingerprint density at radius 2 is 1.95 bits per heavy atom. The van der Waals surface area contributed by atoms with E-state index in [1.54, 1.807) is 0 Å². The largest absolute Gasteiger partial charge is 0.393 e. The third kappa shape index (κ3) is 6.63. The molecule has 0 amide bonds. The number of rotatable bonds is 9. The SMILES string of the molecule is [N-]=[N+]=NC[C@@H](O)C[C@H](COCc1ccccc1)N=[N+]=[N-]. The van der Waals surface area contributed by atoms with Gasteiger partial charge in [0.05, 0.1) is 31.9 Å². The Kier molecular flexibility index (Phi) is 7.64. The van der Waals surface area contributed by atoms with Gasteiger partial charge >= 0.3 is 0 Å². The Labute approximate surface area is 116 Å². The van der Waals surface area contributed by atoms with Crippen molar-refractivity contribution in [3.8, 4) is 0 Å². The van der Waals surface area contributed by atoms with Crippen LogP contribution in [0.25, 0.3) is 20.9 Å². The zero-order valence-electron chi connectivity index (χ0n) is 10.9. The average molecular weight is 276 g/mol. The van der Waals surface area contributed by atoms with Gasteiger partial charge in [-0.15, -0.1) is 0 Å². The molecule has 0 aliphatic heterocycles. The lowest BCUT2D eigenvalue weighted by molar-refractivity contribution is 0.0861. The molecular formula is C12H16N6O2. The molecule has 0 saturated carbocycles. The van der Waals surface area contributed by atoms with Gasteiger partial charge in [0.1, 0.15) is 0 Å². The van der Waals surface area contributed by atoms with Crippen molar-refractivity contribution in [2.24, 2.45) is 10.2 Å². The molecule has 20 heavy (non-hydrogen) atoms. The molecule has 0 saturated heterocycles. The zero-order valence-corrected chi connectivity index (χ0v) is 10.9. The number of nitrogens with zero attached hydrogens (tertiary/aromatic N) is 6. The number of hydrogen-bond acceptors (Lipinski definition) is 4. The topological polar surface area (TPSA) is 127 Å². The third-order valence-electron chi connectivity index (χ3n) is 2.54. The van der Waals surface area contributed by atoms with Crippen LogP contribution >= 0.6 is 0 Å². The Hall–Kier alpha value is -2.24. The minimum Gasteiger partial charge on any atom is -0.393 e. The smallest absolute Gasteiger partial charge is 0.0717 e. The first-order valence-electron chi connectivity index (χ1n) is 6.11. The van der Waals surface area contributed by atoms with Gasteiger partial charge in [-0.25, -0.2) is 0 Å². The average Bonchev–Trinajstić information content (AvgIpc) is 2.46. The standard InChI is InChI=1S/C12H16N6O2/c13-17-15-7-12(19)6-11(16-18-14)9-20-8-10-4-2-1-3-5-10/h1-5,11-12,19H,6-9H2/t11-,12+/m1/s1. The molecule has 0 spiro atoms. The van der Waals surface area contributed by atoms with Gasteiger partial charge in [-0.05, 0) is 23.0 Å². The zero-order chi connectivity index (χ0) is 14.6. The van der Waals surface area contributed by atoms with E-state index in [0.717, 1.165) is 5.56 Å². The summed E-state index contributed by atoms with van der Waals surface area (Å²) >= 11 is 0. The predicted molar refractivity (Wildman–Crippen MR) is 73.7 cm³/mol. The maximum atomic E-state index is 9.59. The highest BCUT2D eigenvalue weighted by Crippen LogP contribution is 2.07. The van der Waals surface area contributed by atoms with E-state index >= 15 is 0 Å². The Balaban J connectivity index is 2.38. The predicted octanol–water partition coefficient (Wildman–Crippen LogP) is 2.94. The summed E-state index contributed by atoms with van der Waals surface area (Å²) in [6, 6.07) is 9.10. The lowest BCUT2D eigenvalue weighted by atomic mass is 10.1. The summed E-state index contributed by atoms with van der Waals surface area (Å²) in [5.41, 5.74) is 17.7. The normalized spacial score (nSPS) is 12.8. The molecule has 2 atom stereocenters. The monoisotopic (exact) mass is 276 g/mol.